The van der Waals surface area contributed by atoms with Crippen LogP contribution in [0.15, 0.2) is 89.8 Å². The summed E-state index contributed by atoms with van der Waals surface area (Å²) in [6.45, 7) is 2.33. The molecule has 0 unspecified atom stereocenters. The molecule has 5 nitrogen and oxygen atoms in total. The fraction of sp³-hybridized carbons (Fsp3) is 0.148. The average molecular weight is 457 g/mol. The zero-order chi connectivity index (χ0) is 23.0. The topological polar surface area (TPSA) is 66.5 Å². The zero-order valence-electron chi connectivity index (χ0n) is 18.3. The zero-order valence-corrected chi connectivity index (χ0v) is 19.1. The number of amides is 1. The lowest BCUT2D eigenvalue weighted by atomic mass is 10.0. The molecule has 1 N–H and O–H groups in total. The molecule has 0 spiro atoms. The molecule has 0 radical (unpaired) electrons. The molecule has 0 aromatic heterocycles. The van der Waals surface area contributed by atoms with E-state index in [2.05, 4.69) is 5.32 Å². The highest BCUT2D eigenvalue weighted by atomic mass is 32.2. The van der Waals surface area contributed by atoms with Gasteiger partial charge in [0.25, 0.3) is 15.9 Å². The smallest absolute Gasteiger partial charge is 0.264 e. The van der Waals surface area contributed by atoms with Crippen LogP contribution in [0.25, 0.3) is 10.8 Å². The second-order valence-electron chi connectivity index (χ2n) is 8.32. The molecule has 0 atom stereocenters. The molecule has 6 heteroatoms. The molecule has 0 fully saturated rings. The minimum atomic E-state index is -3.70. The van der Waals surface area contributed by atoms with Gasteiger partial charge in [0.15, 0.2) is 0 Å². The molecule has 0 saturated heterocycles. The number of aryl methyl sites for hydroxylation is 2. The minimum Gasteiger partial charge on any atom is -0.322 e. The van der Waals surface area contributed by atoms with Crippen molar-refractivity contribution in [3.05, 3.63) is 102 Å². The highest BCUT2D eigenvalue weighted by molar-refractivity contribution is 7.92. The molecule has 1 amide bonds. The fourth-order valence-corrected chi connectivity index (χ4v) is 5.86. The second kappa shape index (κ2) is 8.37. The van der Waals surface area contributed by atoms with Crippen molar-refractivity contribution < 1.29 is 13.2 Å². The molecule has 166 valence electrons. The van der Waals surface area contributed by atoms with Crippen LogP contribution in [-0.4, -0.2) is 20.9 Å². The Kier molecular flexibility index (Phi) is 5.38. The van der Waals surface area contributed by atoms with Gasteiger partial charge in [-0.05, 0) is 66.4 Å². The molecule has 0 bridgehead atoms. The van der Waals surface area contributed by atoms with Crippen molar-refractivity contribution in [1.82, 2.24) is 0 Å². The molecule has 0 aliphatic carbocycles. The Balaban J connectivity index is 1.48. The summed E-state index contributed by atoms with van der Waals surface area (Å²) < 4.78 is 28.3. The van der Waals surface area contributed by atoms with Crippen molar-refractivity contribution in [3.8, 4) is 0 Å². The van der Waals surface area contributed by atoms with E-state index in [0.29, 0.717) is 23.5 Å². The van der Waals surface area contributed by atoms with Gasteiger partial charge in [0.05, 0.1) is 10.6 Å². The van der Waals surface area contributed by atoms with Gasteiger partial charge in [0, 0.05) is 17.8 Å². The molecule has 4 aromatic carbocycles. The van der Waals surface area contributed by atoms with E-state index in [0.717, 1.165) is 34.7 Å². The third-order valence-corrected chi connectivity index (χ3v) is 7.89. The summed E-state index contributed by atoms with van der Waals surface area (Å²) in [4.78, 5) is 13.4. The lowest BCUT2D eigenvalue weighted by Gasteiger charge is -2.31. The predicted molar refractivity (Wildman–Crippen MR) is 132 cm³/mol. The molecule has 1 aliphatic rings. The molecule has 33 heavy (non-hydrogen) atoms. The minimum absolute atomic E-state index is 0.226. The summed E-state index contributed by atoms with van der Waals surface area (Å²) in [5.41, 5.74) is 3.73. The monoisotopic (exact) mass is 456 g/mol. The van der Waals surface area contributed by atoms with Gasteiger partial charge in [-0.15, -0.1) is 0 Å². The van der Waals surface area contributed by atoms with E-state index in [1.807, 2.05) is 55.5 Å². The Morgan fingerprint density at radius 3 is 2.48 bits per heavy atom. The van der Waals surface area contributed by atoms with Crippen molar-refractivity contribution in [1.29, 1.82) is 0 Å². The van der Waals surface area contributed by atoms with E-state index in [4.69, 9.17) is 0 Å². The van der Waals surface area contributed by atoms with Crippen LogP contribution in [-0.2, 0) is 16.4 Å². The Hall–Kier alpha value is -3.64. The first-order chi connectivity index (χ1) is 15.9. The largest absolute Gasteiger partial charge is 0.322 e. The predicted octanol–water partition coefficient (Wildman–Crippen LogP) is 5.54. The van der Waals surface area contributed by atoms with Crippen LogP contribution in [0.1, 0.15) is 27.9 Å². The molecule has 1 aliphatic heterocycles. The number of anilines is 2. The van der Waals surface area contributed by atoms with Crippen LogP contribution in [0.5, 0.6) is 0 Å². The van der Waals surface area contributed by atoms with Crippen LogP contribution in [0.3, 0.4) is 0 Å². The molecule has 4 aromatic rings. The molecule has 5 rings (SSSR count). The maximum absolute atomic E-state index is 13.4. The van der Waals surface area contributed by atoms with E-state index >= 15 is 0 Å². The third-order valence-electron chi connectivity index (χ3n) is 6.06. The maximum atomic E-state index is 13.4. The van der Waals surface area contributed by atoms with Crippen molar-refractivity contribution in [2.45, 2.75) is 24.7 Å². The van der Waals surface area contributed by atoms with Gasteiger partial charge in [-0.1, -0.05) is 60.2 Å². The normalized spacial score (nSPS) is 13.5. The number of fused-ring (bicyclic) bond motifs is 2. The van der Waals surface area contributed by atoms with Crippen molar-refractivity contribution in [3.63, 3.8) is 0 Å². The van der Waals surface area contributed by atoms with Gasteiger partial charge in [-0.3, -0.25) is 9.10 Å². The SMILES string of the molecule is Cc1ccc(S(=O)(=O)N2CCCc3ccc(NC(=O)c4cccc5ccccc45)cc32)cc1. The van der Waals surface area contributed by atoms with Crippen LogP contribution in [0, 0.1) is 6.92 Å². The van der Waals surface area contributed by atoms with Crippen molar-refractivity contribution >= 4 is 38.1 Å². The standard InChI is InChI=1S/C27H24N2O3S/c1-19-11-15-23(16-12-19)33(31,32)29-17-5-8-21-13-14-22(18-26(21)29)28-27(30)25-10-4-7-20-6-2-3-9-24(20)25/h2-4,6-7,9-16,18H,5,8,17H2,1H3,(H,28,30). The third kappa shape index (κ3) is 3.98. The van der Waals surface area contributed by atoms with Gasteiger partial charge in [-0.2, -0.15) is 0 Å². The number of sulfonamides is 1. The number of nitrogens with one attached hydrogen (secondary N) is 1. The first kappa shape index (κ1) is 21.2. The van der Waals surface area contributed by atoms with E-state index in [9.17, 15) is 13.2 Å². The first-order valence-corrected chi connectivity index (χ1v) is 12.4. The number of hydrogen-bond acceptors (Lipinski definition) is 3. The highest BCUT2D eigenvalue weighted by Gasteiger charge is 2.29. The first-order valence-electron chi connectivity index (χ1n) is 10.9. The summed E-state index contributed by atoms with van der Waals surface area (Å²) in [5, 5.41) is 4.83. The van der Waals surface area contributed by atoms with Crippen LogP contribution in [0.2, 0.25) is 0 Å². The van der Waals surface area contributed by atoms with Gasteiger partial charge >= 0.3 is 0 Å². The Labute approximate surface area is 193 Å². The van der Waals surface area contributed by atoms with E-state index < -0.39 is 10.0 Å². The lowest BCUT2D eigenvalue weighted by molar-refractivity contribution is 0.102. The van der Waals surface area contributed by atoms with Crippen molar-refractivity contribution in [2.24, 2.45) is 0 Å². The summed E-state index contributed by atoms with van der Waals surface area (Å²) in [5.74, 6) is -0.226. The van der Waals surface area contributed by atoms with E-state index in [-0.39, 0.29) is 10.8 Å². The number of carbonyl (C=O) groups is 1. The quantitative estimate of drug-likeness (QED) is 0.438. The van der Waals surface area contributed by atoms with Crippen molar-refractivity contribution in [2.75, 3.05) is 16.2 Å². The van der Waals surface area contributed by atoms with Gasteiger partial charge in [-0.25, -0.2) is 8.42 Å². The van der Waals surface area contributed by atoms with Gasteiger partial charge < -0.3 is 5.32 Å². The number of hydrogen-bond donors (Lipinski definition) is 1. The second-order valence-corrected chi connectivity index (χ2v) is 10.2. The van der Waals surface area contributed by atoms with E-state index in [1.54, 1.807) is 36.4 Å². The number of rotatable bonds is 4. The average Bonchev–Trinajstić information content (AvgIpc) is 2.83. The number of nitrogens with zero attached hydrogens (tertiary/aromatic N) is 1. The molecule has 0 saturated carbocycles. The fourth-order valence-electron chi connectivity index (χ4n) is 4.33. The Morgan fingerprint density at radius 2 is 1.67 bits per heavy atom. The maximum Gasteiger partial charge on any atom is 0.264 e. The van der Waals surface area contributed by atoms with Crippen LogP contribution >= 0.6 is 0 Å². The lowest BCUT2D eigenvalue weighted by Crippen LogP contribution is -2.35. The molecular weight excluding hydrogens is 432 g/mol. The molecule has 1 heterocycles. The number of benzene rings is 4. The summed E-state index contributed by atoms with van der Waals surface area (Å²) in [6, 6.07) is 25.8. The Morgan fingerprint density at radius 1 is 0.909 bits per heavy atom. The highest BCUT2D eigenvalue weighted by Crippen LogP contribution is 2.34. The van der Waals surface area contributed by atoms with Crippen LogP contribution < -0.4 is 9.62 Å². The van der Waals surface area contributed by atoms with E-state index in [1.165, 1.54) is 4.31 Å². The van der Waals surface area contributed by atoms with Gasteiger partial charge in [0.2, 0.25) is 0 Å². The molecular formula is C27H24N2O3S. The van der Waals surface area contributed by atoms with Crippen LogP contribution in [0.4, 0.5) is 11.4 Å². The summed E-state index contributed by atoms with van der Waals surface area (Å²) in [6.07, 6.45) is 1.55. The summed E-state index contributed by atoms with van der Waals surface area (Å²) in [7, 11) is -3.70. The van der Waals surface area contributed by atoms with Gasteiger partial charge in [0.1, 0.15) is 0 Å². The Bertz CT molecular complexity index is 1460. The summed E-state index contributed by atoms with van der Waals surface area (Å²) >= 11 is 0. The number of carbonyl (C=O) groups excluding carboxylic acids is 1.